The molecule has 1 radical (unpaired) electrons. The first-order valence-electron chi connectivity index (χ1n) is 14.6. The molecule has 0 N–H and O–H groups in total. The van der Waals surface area contributed by atoms with Crippen molar-refractivity contribution >= 4 is 39.9 Å². The fourth-order valence-electron chi connectivity index (χ4n) is 5.55. The topological polar surface area (TPSA) is 25.9 Å². The molecule has 225 valence electrons. The molecule has 0 amide bonds. The number of hydrogen-bond donors (Lipinski definition) is 0. The van der Waals surface area contributed by atoms with Crippen LogP contribution in [0.2, 0.25) is 0 Å². The van der Waals surface area contributed by atoms with E-state index in [4.69, 9.17) is 4.98 Å². The normalized spacial score (nSPS) is 13.0. The number of rotatable bonds is 4. The molecule has 3 heterocycles. The minimum Gasteiger partial charge on any atom is -0.493 e. The Morgan fingerprint density at radius 2 is 1.13 bits per heavy atom. The Bertz CT molecular complexity index is 1800. The number of benzene rings is 5. The quantitative estimate of drug-likeness (QED) is 0.167. The van der Waals surface area contributed by atoms with Crippen LogP contribution in [0.15, 0.2) is 140 Å². The summed E-state index contributed by atoms with van der Waals surface area (Å²) < 4.78 is 0. The first-order chi connectivity index (χ1) is 21.7. The van der Waals surface area contributed by atoms with Gasteiger partial charge in [0.1, 0.15) is 5.82 Å². The van der Waals surface area contributed by atoms with Gasteiger partial charge in [-0.25, -0.2) is 4.98 Å². The third kappa shape index (κ3) is 6.08. The molecular weight excluding hydrogens is 731 g/mol. The van der Waals surface area contributed by atoms with E-state index in [1.54, 1.807) is 0 Å². The van der Waals surface area contributed by atoms with E-state index in [9.17, 15) is 0 Å². The van der Waals surface area contributed by atoms with Crippen LogP contribution in [0.4, 0.5) is 39.9 Å². The number of nitrogens with zero attached hydrogens (tertiary/aromatic N) is 5. The molecule has 0 aliphatic carbocycles. The number of aromatic nitrogens is 1. The molecule has 5 aromatic carbocycles. The largest absolute Gasteiger partial charge is 0.493 e. The van der Waals surface area contributed by atoms with Crippen LogP contribution < -0.4 is 19.6 Å². The molecule has 1 aromatic heterocycles. The predicted octanol–water partition coefficient (Wildman–Crippen LogP) is 9.46. The zero-order valence-electron chi connectivity index (χ0n) is 25.0. The molecule has 0 unspecified atom stereocenters. The smallest absolute Gasteiger partial charge is 0.122 e. The van der Waals surface area contributed by atoms with E-state index < -0.39 is 0 Å². The maximum Gasteiger partial charge on any atom is 0.122 e. The SMILES string of the molecule is Cc1ccccc1-c1ccc2c(n1)N(C)[CH-]N2c1[c-]cccc1.[Ir].[c-]1ccccc1N1[CH-]N(c2ccccc2)c2ccccc21. The van der Waals surface area contributed by atoms with Crippen molar-refractivity contribution in [3.63, 3.8) is 0 Å². The average molecular weight is 762 g/mol. The number of para-hydroxylation sites is 5. The van der Waals surface area contributed by atoms with Crippen LogP contribution >= 0.6 is 0 Å². The average Bonchev–Trinajstić information content (AvgIpc) is 3.64. The van der Waals surface area contributed by atoms with Crippen molar-refractivity contribution < 1.29 is 20.1 Å². The van der Waals surface area contributed by atoms with E-state index in [1.807, 2.05) is 56.2 Å². The molecule has 45 heavy (non-hydrogen) atoms. The summed E-state index contributed by atoms with van der Waals surface area (Å²) in [6.07, 6.45) is 0. The summed E-state index contributed by atoms with van der Waals surface area (Å²) in [4.78, 5) is 13.4. The van der Waals surface area contributed by atoms with Gasteiger partial charge in [-0.05, 0) is 55.9 Å². The first kappa shape index (κ1) is 30.1. The molecule has 2 aliphatic rings. The van der Waals surface area contributed by atoms with Crippen molar-refractivity contribution in [2.75, 3.05) is 26.6 Å². The minimum absolute atomic E-state index is 0. The van der Waals surface area contributed by atoms with Crippen molar-refractivity contribution in [3.8, 4) is 11.3 Å². The number of hydrogen-bond acceptors (Lipinski definition) is 5. The number of aryl methyl sites for hydroxylation is 1. The second-order valence-electron chi connectivity index (χ2n) is 10.6. The Balaban J connectivity index is 0.000000156. The van der Waals surface area contributed by atoms with Gasteiger partial charge >= 0.3 is 0 Å². The van der Waals surface area contributed by atoms with Crippen LogP contribution in [0, 0.1) is 32.4 Å². The van der Waals surface area contributed by atoms with Gasteiger partial charge < -0.3 is 19.6 Å². The van der Waals surface area contributed by atoms with Gasteiger partial charge in [-0.1, -0.05) is 54.6 Å². The molecule has 0 saturated heterocycles. The third-order valence-electron chi connectivity index (χ3n) is 7.73. The van der Waals surface area contributed by atoms with Crippen molar-refractivity contribution in [2.24, 2.45) is 0 Å². The van der Waals surface area contributed by atoms with Crippen LogP contribution in [-0.2, 0) is 20.1 Å². The summed E-state index contributed by atoms with van der Waals surface area (Å²) in [5.74, 6) is 0.961. The standard InChI is InChI=1S/C20H17N3.C19H14N2.Ir/c1-15-8-6-7-11-17(15)18-12-13-19-20(21-18)22(2)14-23(19)16-9-4-3-5-10-16;1-3-9-16(10-4-1)20-15-21(17-11-5-2-6-12-17)19-14-8-7-13-18(19)20;/h3-9,11-14H,1-2H3;1-11,13-15H;/q2*-2;. The zero-order chi connectivity index (χ0) is 29.9. The number of anilines is 7. The summed E-state index contributed by atoms with van der Waals surface area (Å²) in [5, 5.41) is 0. The van der Waals surface area contributed by atoms with Crippen LogP contribution in [0.5, 0.6) is 0 Å². The number of fused-ring (bicyclic) bond motifs is 2. The van der Waals surface area contributed by atoms with Crippen LogP contribution in [0.25, 0.3) is 11.3 Å². The summed E-state index contributed by atoms with van der Waals surface area (Å²) >= 11 is 0. The van der Waals surface area contributed by atoms with E-state index in [1.165, 1.54) is 22.5 Å². The molecule has 0 spiro atoms. The van der Waals surface area contributed by atoms with Gasteiger partial charge in [0.15, 0.2) is 0 Å². The molecular formula is C39H31IrN5-4. The maximum atomic E-state index is 4.88. The first-order valence-corrected chi connectivity index (χ1v) is 14.6. The molecule has 6 heteroatoms. The van der Waals surface area contributed by atoms with Crippen molar-refractivity contribution in [3.05, 3.63) is 171 Å². The van der Waals surface area contributed by atoms with Gasteiger partial charge in [-0.2, -0.15) is 67.3 Å². The minimum atomic E-state index is 0. The Labute approximate surface area is 279 Å². The molecule has 0 saturated carbocycles. The summed E-state index contributed by atoms with van der Waals surface area (Å²) in [5.41, 5.74) is 10.1. The monoisotopic (exact) mass is 762 g/mol. The van der Waals surface area contributed by atoms with Crippen LogP contribution in [0.1, 0.15) is 5.56 Å². The van der Waals surface area contributed by atoms with Gasteiger partial charge in [-0.15, -0.1) is 18.0 Å². The van der Waals surface area contributed by atoms with Gasteiger partial charge in [0.2, 0.25) is 0 Å². The van der Waals surface area contributed by atoms with Gasteiger partial charge in [0.25, 0.3) is 0 Å². The van der Waals surface area contributed by atoms with Crippen molar-refractivity contribution in [2.45, 2.75) is 6.92 Å². The van der Waals surface area contributed by atoms with E-state index in [0.717, 1.165) is 34.3 Å². The molecule has 6 aromatic rings. The van der Waals surface area contributed by atoms with Gasteiger partial charge in [-0.3, -0.25) is 0 Å². The summed E-state index contributed by atoms with van der Waals surface area (Å²) in [7, 11) is 2.02. The summed E-state index contributed by atoms with van der Waals surface area (Å²) in [6.45, 7) is 6.28. The molecule has 0 atom stereocenters. The molecule has 2 aliphatic heterocycles. The predicted molar refractivity (Wildman–Crippen MR) is 181 cm³/mol. The van der Waals surface area contributed by atoms with Crippen LogP contribution in [0.3, 0.4) is 0 Å². The van der Waals surface area contributed by atoms with Crippen molar-refractivity contribution in [1.29, 1.82) is 0 Å². The van der Waals surface area contributed by atoms with E-state index in [0.29, 0.717) is 0 Å². The molecule has 8 rings (SSSR count). The Morgan fingerprint density at radius 3 is 1.78 bits per heavy atom. The van der Waals surface area contributed by atoms with Crippen molar-refractivity contribution in [1.82, 2.24) is 4.98 Å². The van der Waals surface area contributed by atoms with E-state index >= 15 is 0 Å². The third-order valence-corrected chi connectivity index (χ3v) is 7.73. The second kappa shape index (κ2) is 13.4. The second-order valence-corrected chi connectivity index (χ2v) is 10.6. The molecule has 5 nitrogen and oxygen atoms in total. The fourth-order valence-corrected chi connectivity index (χ4v) is 5.55. The Morgan fingerprint density at radius 1 is 0.556 bits per heavy atom. The van der Waals surface area contributed by atoms with E-state index in [2.05, 4.69) is 142 Å². The molecule has 0 bridgehead atoms. The maximum absolute atomic E-state index is 4.88. The van der Waals surface area contributed by atoms with E-state index in [-0.39, 0.29) is 20.1 Å². The Hall–Kier alpha value is -4.90. The zero-order valence-corrected chi connectivity index (χ0v) is 27.4. The summed E-state index contributed by atoms with van der Waals surface area (Å²) in [6, 6.07) is 53.9. The fraction of sp³-hybridized carbons (Fsp3) is 0.0513. The van der Waals surface area contributed by atoms with Gasteiger partial charge in [0, 0.05) is 42.7 Å². The van der Waals surface area contributed by atoms with Crippen LogP contribution in [-0.4, -0.2) is 12.0 Å². The van der Waals surface area contributed by atoms with Gasteiger partial charge in [0.05, 0.1) is 11.4 Å². The Kier molecular flexibility index (Phi) is 8.97. The number of pyridine rings is 1. The molecule has 0 fully saturated rings.